The van der Waals surface area contributed by atoms with Crippen molar-refractivity contribution < 1.29 is 27.6 Å². The van der Waals surface area contributed by atoms with Crippen LogP contribution in [0.15, 0.2) is 77.7 Å². The molecule has 0 aliphatic carbocycles. The second-order valence-electron chi connectivity index (χ2n) is 6.69. The highest BCUT2D eigenvalue weighted by Crippen LogP contribution is 2.28. The number of nitro benzene ring substituents is 1. The third kappa shape index (κ3) is 4.86. The Labute approximate surface area is 185 Å². The number of methoxy groups -OCH3 is 1. The number of hydrogen-bond donors (Lipinski definition) is 0. The molecule has 0 heterocycles. The number of para-hydroxylation sites is 2. The highest BCUT2D eigenvalue weighted by Gasteiger charge is 2.32. The molecule has 0 atom stereocenters. The van der Waals surface area contributed by atoms with Gasteiger partial charge in [0.25, 0.3) is 15.9 Å². The van der Waals surface area contributed by atoms with E-state index in [1.165, 1.54) is 67.8 Å². The van der Waals surface area contributed by atoms with Gasteiger partial charge in [-0.2, -0.15) is 4.31 Å². The van der Waals surface area contributed by atoms with Crippen LogP contribution in [0, 0.1) is 17.0 Å². The zero-order valence-electron chi connectivity index (χ0n) is 17.3. The van der Waals surface area contributed by atoms with Gasteiger partial charge in [0.05, 0.1) is 22.6 Å². The van der Waals surface area contributed by atoms with Crippen LogP contribution in [0.5, 0.6) is 11.5 Å². The maximum Gasteiger partial charge on any atom is 0.310 e. The Hall–Kier alpha value is -3.92. The van der Waals surface area contributed by atoms with Gasteiger partial charge in [0.1, 0.15) is 5.75 Å². The summed E-state index contributed by atoms with van der Waals surface area (Å²) in [6, 6.07) is 17.4. The minimum atomic E-state index is -4.29. The van der Waals surface area contributed by atoms with Crippen LogP contribution in [0.1, 0.15) is 5.56 Å². The number of rotatable bonds is 8. The van der Waals surface area contributed by atoms with Crippen LogP contribution < -0.4 is 13.8 Å². The number of ether oxygens (including phenoxy) is 2. The van der Waals surface area contributed by atoms with E-state index in [1.54, 1.807) is 12.1 Å². The fourth-order valence-corrected chi connectivity index (χ4v) is 4.29. The van der Waals surface area contributed by atoms with Gasteiger partial charge in [-0.15, -0.1) is 0 Å². The average molecular weight is 456 g/mol. The number of benzene rings is 3. The normalized spacial score (nSPS) is 10.9. The summed E-state index contributed by atoms with van der Waals surface area (Å²) >= 11 is 0. The van der Waals surface area contributed by atoms with Gasteiger partial charge in [0.15, 0.2) is 12.4 Å². The molecule has 9 nitrogen and oxygen atoms in total. The number of aryl methyl sites for hydroxylation is 1. The summed E-state index contributed by atoms with van der Waals surface area (Å²) in [5, 5.41) is 11.2. The number of amides is 1. The van der Waals surface area contributed by atoms with E-state index in [1.807, 2.05) is 6.92 Å². The molecule has 32 heavy (non-hydrogen) atoms. The van der Waals surface area contributed by atoms with E-state index < -0.39 is 27.5 Å². The van der Waals surface area contributed by atoms with Gasteiger partial charge in [-0.3, -0.25) is 14.9 Å². The first-order chi connectivity index (χ1) is 15.2. The molecular formula is C22H20N2O7S. The van der Waals surface area contributed by atoms with Crippen LogP contribution in [-0.4, -0.2) is 33.0 Å². The number of carbonyl (C=O) groups is 1. The van der Waals surface area contributed by atoms with Gasteiger partial charge in [-0.1, -0.05) is 29.8 Å². The molecule has 0 N–H and O–H groups in total. The fraction of sp³-hybridized carbons (Fsp3) is 0.136. The van der Waals surface area contributed by atoms with Crippen molar-refractivity contribution in [3.63, 3.8) is 0 Å². The van der Waals surface area contributed by atoms with Crippen molar-refractivity contribution in [1.82, 2.24) is 0 Å². The van der Waals surface area contributed by atoms with E-state index in [4.69, 9.17) is 9.47 Å². The Kier molecular flexibility index (Phi) is 6.74. The van der Waals surface area contributed by atoms with Crippen LogP contribution >= 0.6 is 0 Å². The molecule has 3 aromatic carbocycles. The van der Waals surface area contributed by atoms with Crippen molar-refractivity contribution in [2.75, 3.05) is 18.0 Å². The van der Waals surface area contributed by atoms with Crippen molar-refractivity contribution in [1.29, 1.82) is 0 Å². The number of nitrogens with zero attached hydrogens (tertiary/aromatic N) is 2. The van der Waals surface area contributed by atoms with Crippen LogP contribution in [0.25, 0.3) is 0 Å². The van der Waals surface area contributed by atoms with Crippen molar-refractivity contribution in [2.45, 2.75) is 11.8 Å². The molecule has 0 spiro atoms. The number of sulfonamides is 1. The molecule has 0 unspecified atom stereocenters. The molecular weight excluding hydrogens is 436 g/mol. The van der Waals surface area contributed by atoms with Gasteiger partial charge in [0, 0.05) is 6.07 Å². The molecule has 0 bridgehead atoms. The highest BCUT2D eigenvalue weighted by atomic mass is 32.2. The summed E-state index contributed by atoms with van der Waals surface area (Å²) < 4.78 is 37.7. The zero-order valence-corrected chi connectivity index (χ0v) is 18.1. The smallest absolute Gasteiger partial charge is 0.310 e. The van der Waals surface area contributed by atoms with E-state index in [0.717, 1.165) is 5.56 Å². The lowest BCUT2D eigenvalue weighted by Crippen LogP contribution is -2.40. The molecule has 3 rings (SSSR count). The Balaban J connectivity index is 1.97. The Morgan fingerprint density at radius 2 is 1.62 bits per heavy atom. The first kappa shape index (κ1) is 22.8. The number of carbonyl (C=O) groups excluding carboxylic acids is 1. The highest BCUT2D eigenvalue weighted by molar-refractivity contribution is 7.93. The van der Waals surface area contributed by atoms with Crippen molar-refractivity contribution in [2.24, 2.45) is 0 Å². The quantitative estimate of drug-likeness (QED) is 0.375. The Bertz CT molecular complexity index is 1220. The molecule has 0 aromatic heterocycles. The number of nitro groups is 1. The molecule has 0 fully saturated rings. The summed E-state index contributed by atoms with van der Waals surface area (Å²) in [6.07, 6.45) is 0. The zero-order chi connectivity index (χ0) is 23.3. The summed E-state index contributed by atoms with van der Waals surface area (Å²) in [6.45, 7) is 1.07. The molecule has 0 aliphatic heterocycles. The summed E-state index contributed by atoms with van der Waals surface area (Å²) in [4.78, 5) is 23.5. The molecule has 3 aromatic rings. The lowest BCUT2D eigenvalue weighted by molar-refractivity contribution is -0.385. The first-order valence-corrected chi connectivity index (χ1v) is 10.8. The summed E-state index contributed by atoms with van der Waals surface area (Å²) in [5.74, 6) is -0.591. The lowest BCUT2D eigenvalue weighted by Gasteiger charge is -2.23. The van der Waals surface area contributed by atoms with E-state index in [-0.39, 0.29) is 22.0 Å². The van der Waals surface area contributed by atoms with E-state index in [2.05, 4.69) is 0 Å². The average Bonchev–Trinajstić information content (AvgIpc) is 2.78. The van der Waals surface area contributed by atoms with Crippen LogP contribution in [0.3, 0.4) is 0 Å². The second-order valence-corrected chi connectivity index (χ2v) is 8.47. The van der Waals surface area contributed by atoms with Crippen LogP contribution in [-0.2, 0) is 14.8 Å². The molecule has 10 heteroatoms. The molecule has 1 amide bonds. The van der Waals surface area contributed by atoms with Crippen LogP contribution in [0.4, 0.5) is 11.4 Å². The maximum absolute atomic E-state index is 13.3. The van der Waals surface area contributed by atoms with Gasteiger partial charge in [0.2, 0.25) is 0 Å². The second kappa shape index (κ2) is 9.48. The third-order valence-electron chi connectivity index (χ3n) is 4.51. The molecule has 0 radical (unpaired) electrons. The van der Waals surface area contributed by atoms with Crippen molar-refractivity contribution >= 4 is 27.3 Å². The van der Waals surface area contributed by atoms with Crippen molar-refractivity contribution in [3.05, 3.63) is 88.5 Å². The largest absolute Gasteiger partial charge is 0.497 e. The van der Waals surface area contributed by atoms with Crippen molar-refractivity contribution in [3.8, 4) is 11.5 Å². The van der Waals surface area contributed by atoms with Gasteiger partial charge in [-0.25, -0.2) is 8.42 Å². The molecule has 0 saturated carbocycles. The monoisotopic (exact) mass is 456 g/mol. The van der Waals surface area contributed by atoms with Gasteiger partial charge >= 0.3 is 5.69 Å². The predicted octanol–water partition coefficient (Wildman–Crippen LogP) is 3.71. The van der Waals surface area contributed by atoms with Crippen LogP contribution in [0.2, 0.25) is 0 Å². The van der Waals surface area contributed by atoms with Gasteiger partial charge in [-0.05, 0) is 49.4 Å². The third-order valence-corrected chi connectivity index (χ3v) is 6.27. The molecule has 0 saturated heterocycles. The Morgan fingerprint density at radius 3 is 2.22 bits per heavy atom. The molecule has 166 valence electrons. The lowest BCUT2D eigenvalue weighted by atomic mass is 10.2. The van der Waals surface area contributed by atoms with Gasteiger partial charge < -0.3 is 9.47 Å². The van der Waals surface area contributed by atoms with E-state index >= 15 is 0 Å². The number of hydrogen-bond acceptors (Lipinski definition) is 7. The predicted molar refractivity (Wildman–Crippen MR) is 117 cm³/mol. The Morgan fingerprint density at radius 1 is 1.00 bits per heavy atom. The minimum Gasteiger partial charge on any atom is -0.497 e. The number of anilines is 1. The topological polar surface area (TPSA) is 116 Å². The summed E-state index contributed by atoms with van der Waals surface area (Å²) in [5.41, 5.74) is 0.589. The SMILES string of the molecule is COc1ccc(N(C(=O)COc2ccccc2[N+](=O)[O-])S(=O)(=O)c2ccc(C)cc2)cc1. The fourth-order valence-electron chi connectivity index (χ4n) is 2.88. The summed E-state index contributed by atoms with van der Waals surface area (Å²) in [7, 11) is -2.83. The molecule has 0 aliphatic rings. The first-order valence-electron chi connectivity index (χ1n) is 9.39. The van der Waals surface area contributed by atoms with E-state index in [0.29, 0.717) is 10.1 Å². The van der Waals surface area contributed by atoms with E-state index in [9.17, 15) is 23.3 Å². The minimum absolute atomic E-state index is 0.0718. The maximum atomic E-state index is 13.3. The standard InChI is InChI=1S/C22H20N2O7S/c1-16-7-13-19(14-8-16)32(28,29)23(17-9-11-18(30-2)12-10-17)22(25)15-31-21-6-4-3-5-20(21)24(26)27/h3-14H,15H2,1-2H3.